The molecule has 0 bridgehead atoms. The molecule has 0 aliphatic rings. The van der Waals surface area contributed by atoms with Crippen molar-refractivity contribution in [2.24, 2.45) is 0 Å². The number of benzene rings is 5. The first-order valence-electron chi connectivity index (χ1n) is 12.7. The van der Waals surface area contributed by atoms with Crippen molar-refractivity contribution in [3.63, 3.8) is 0 Å². The van der Waals surface area contributed by atoms with Crippen molar-refractivity contribution >= 4 is 17.1 Å². The third-order valence-electron chi connectivity index (χ3n) is 6.02. The van der Waals surface area contributed by atoms with E-state index in [0.29, 0.717) is 0 Å². The Morgan fingerprint density at radius 1 is 0.500 bits per heavy atom. The van der Waals surface area contributed by atoms with Gasteiger partial charge in [0.1, 0.15) is 0 Å². The second-order valence-corrected chi connectivity index (χ2v) is 8.64. The van der Waals surface area contributed by atoms with Gasteiger partial charge < -0.3 is 16.3 Å². The molecule has 0 fully saturated rings. The van der Waals surface area contributed by atoms with E-state index in [2.05, 4.69) is 52.2 Å². The van der Waals surface area contributed by atoms with E-state index < -0.39 is 0 Å². The third kappa shape index (κ3) is 7.26. The van der Waals surface area contributed by atoms with Gasteiger partial charge in [-0.05, 0) is 35.7 Å². The Hall–Kier alpha value is -4.65. The van der Waals surface area contributed by atoms with Gasteiger partial charge in [-0.2, -0.15) is 0 Å². The van der Waals surface area contributed by atoms with E-state index >= 15 is 0 Å². The molecule has 40 heavy (non-hydrogen) atoms. The number of para-hydroxylation sites is 2. The molecule has 0 unspecified atom stereocenters. The van der Waals surface area contributed by atoms with Crippen LogP contribution in [0.15, 0.2) is 152 Å². The average molecular weight is 695 g/mol. The minimum absolute atomic E-state index is 0. The maximum Gasteiger partial charge on any atom is 3.00 e. The quantitative estimate of drug-likeness (QED) is 0.102. The fourth-order valence-electron chi connectivity index (χ4n) is 4.14. The Balaban J connectivity index is 0.000000182. The molecule has 0 saturated carbocycles. The maximum absolute atomic E-state index is 7.19. The molecule has 3 heteroatoms. The Labute approximate surface area is 252 Å². The van der Waals surface area contributed by atoms with Crippen LogP contribution in [0.1, 0.15) is 5.56 Å². The molecule has 6 aromatic rings. The smallest absolute Gasteiger partial charge is 0.366 e. The van der Waals surface area contributed by atoms with Crippen molar-refractivity contribution < 1.29 is 22.4 Å². The molecular formula is C37H25AuN2. The van der Waals surface area contributed by atoms with Crippen molar-refractivity contribution in [3.8, 4) is 28.4 Å². The van der Waals surface area contributed by atoms with Gasteiger partial charge in [-0.3, -0.25) is 5.92 Å². The van der Waals surface area contributed by atoms with Crippen LogP contribution in [-0.2, 0) is 22.4 Å². The minimum Gasteiger partial charge on any atom is -0.366 e. The van der Waals surface area contributed by atoms with Gasteiger partial charge in [0.25, 0.3) is 0 Å². The zero-order valence-corrected chi connectivity index (χ0v) is 23.8. The van der Waals surface area contributed by atoms with E-state index in [0.717, 1.165) is 45.1 Å². The number of anilines is 3. The van der Waals surface area contributed by atoms with Gasteiger partial charge in [0.2, 0.25) is 0 Å². The van der Waals surface area contributed by atoms with Gasteiger partial charge in [0, 0.05) is 17.1 Å². The molecule has 194 valence electrons. The first-order chi connectivity index (χ1) is 19.3. The molecule has 1 aromatic heterocycles. The van der Waals surface area contributed by atoms with E-state index in [1.807, 2.05) is 127 Å². The van der Waals surface area contributed by atoms with Crippen LogP contribution in [0.4, 0.5) is 17.1 Å². The fraction of sp³-hybridized carbons (Fsp3) is 0. The van der Waals surface area contributed by atoms with E-state index in [1.165, 1.54) is 0 Å². The first kappa shape index (κ1) is 28.4. The van der Waals surface area contributed by atoms with Crippen molar-refractivity contribution in [2.75, 3.05) is 4.90 Å². The Morgan fingerprint density at radius 3 is 1.38 bits per heavy atom. The van der Waals surface area contributed by atoms with Crippen molar-refractivity contribution in [3.05, 3.63) is 176 Å². The topological polar surface area (TPSA) is 16.1 Å². The Bertz CT molecular complexity index is 1530. The third-order valence-corrected chi connectivity index (χ3v) is 6.02. The molecule has 6 rings (SSSR count). The molecule has 0 radical (unpaired) electrons. The molecule has 2 nitrogen and oxygen atoms in total. The van der Waals surface area contributed by atoms with Crippen molar-refractivity contribution in [1.82, 2.24) is 4.98 Å². The van der Waals surface area contributed by atoms with Gasteiger partial charge in [-0.25, -0.2) is 0 Å². The summed E-state index contributed by atoms with van der Waals surface area (Å²) in [6.45, 7) is 0. The summed E-state index contributed by atoms with van der Waals surface area (Å²) in [5.41, 5.74) is 7.94. The number of rotatable bonds is 5. The van der Waals surface area contributed by atoms with Crippen LogP contribution in [0.2, 0.25) is 0 Å². The van der Waals surface area contributed by atoms with Gasteiger partial charge in [-0.1, -0.05) is 66.7 Å². The molecule has 0 atom stereocenters. The summed E-state index contributed by atoms with van der Waals surface area (Å²) in [4.78, 5) is 6.84. The first-order valence-corrected chi connectivity index (χ1v) is 12.7. The molecule has 0 N–H and O–H groups in total. The molecule has 0 aliphatic carbocycles. The van der Waals surface area contributed by atoms with Crippen LogP contribution >= 0.6 is 0 Å². The van der Waals surface area contributed by atoms with Gasteiger partial charge in [-0.15, -0.1) is 89.5 Å². The fourth-order valence-corrected chi connectivity index (χ4v) is 4.14. The van der Waals surface area contributed by atoms with Crippen molar-refractivity contribution in [1.29, 1.82) is 0 Å². The largest absolute Gasteiger partial charge is 3.00 e. The second-order valence-electron chi connectivity index (χ2n) is 8.64. The van der Waals surface area contributed by atoms with Crippen molar-refractivity contribution in [2.45, 2.75) is 0 Å². The molecular weight excluding hydrogens is 669 g/mol. The summed E-state index contributed by atoms with van der Waals surface area (Å²) in [5, 5.41) is 0. The number of hydrogen-bond donors (Lipinski definition) is 0. The molecule has 0 aliphatic heterocycles. The summed E-state index contributed by atoms with van der Waals surface area (Å²) in [6, 6.07) is 56.5. The molecule has 1 heterocycles. The van der Waals surface area contributed by atoms with Gasteiger partial charge >= 0.3 is 22.4 Å². The summed E-state index contributed by atoms with van der Waals surface area (Å²) in [5.74, 6) is 2.40. The van der Waals surface area contributed by atoms with E-state index in [-0.39, 0.29) is 22.4 Å². The zero-order chi connectivity index (χ0) is 26.7. The summed E-state index contributed by atoms with van der Waals surface area (Å²) >= 11 is 0. The summed E-state index contributed by atoms with van der Waals surface area (Å²) < 4.78 is 0. The van der Waals surface area contributed by atoms with Gasteiger partial charge in [0.15, 0.2) is 0 Å². The second kappa shape index (κ2) is 14.5. The van der Waals surface area contributed by atoms with Crippen LogP contribution in [0.25, 0.3) is 22.5 Å². The predicted octanol–water partition coefficient (Wildman–Crippen LogP) is 9.11. The standard InChI is InChI=1S/C20H14N.C17H11N.Au/c1-2-17-13-15-20(16-14-17)21(18-9-5-3-6-10-18)19-11-7-4-8-12-19;1-3-8-14(9-4-1)16-12-7-13-17(18-16)15-10-5-2-6-11-15;/h3-16H;1-8,10,12-13H;/q-1;-2;+3. The Morgan fingerprint density at radius 2 is 0.950 bits per heavy atom. The van der Waals surface area contributed by atoms with Crippen LogP contribution in [-0.4, -0.2) is 4.98 Å². The predicted molar refractivity (Wildman–Crippen MR) is 160 cm³/mol. The van der Waals surface area contributed by atoms with Crippen LogP contribution in [0, 0.1) is 24.5 Å². The SMILES string of the molecule is [Au+3].[C-]#Cc1ccc(N(c2ccccc2)c2ccccc2)cc1.[c-]1ccccc1-c1cccc(-c2[c-]cccc2)n1. The van der Waals surface area contributed by atoms with Crippen LogP contribution in [0.5, 0.6) is 0 Å². The molecule has 0 spiro atoms. The number of hydrogen-bond acceptors (Lipinski definition) is 2. The molecule has 0 saturated heterocycles. The van der Waals surface area contributed by atoms with E-state index in [9.17, 15) is 0 Å². The normalized spacial score (nSPS) is 9.78. The van der Waals surface area contributed by atoms with Crippen LogP contribution < -0.4 is 4.90 Å². The van der Waals surface area contributed by atoms with E-state index in [4.69, 9.17) is 6.42 Å². The van der Waals surface area contributed by atoms with E-state index in [1.54, 1.807) is 0 Å². The number of pyridine rings is 1. The molecule has 5 aromatic carbocycles. The summed E-state index contributed by atoms with van der Waals surface area (Å²) in [7, 11) is 0. The summed E-state index contributed by atoms with van der Waals surface area (Å²) in [6.07, 6.45) is 7.19. The number of aromatic nitrogens is 1. The zero-order valence-electron chi connectivity index (χ0n) is 21.6. The van der Waals surface area contributed by atoms with Crippen LogP contribution in [0.3, 0.4) is 0 Å². The molecule has 0 amide bonds. The Kier molecular flexibility index (Phi) is 10.3. The number of nitrogens with zero attached hydrogens (tertiary/aromatic N) is 2. The maximum atomic E-state index is 7.19. The van der Waals surface area contributed by atoms with Gasteiger partial charge in [0.05, 0.1) is 0 Å². The minimum atomic E-state index is 0. The average Bonchev–Trinajstić information content (AvgIpc) is 3.04. The monoisotopic (exact) mass is 694 g/mol.